The first-order chi connectivity index (χ1) is 6.16. The number of halogens is 1. The number of H-pyrrole nitrogens is 2. The van der Waals surface area contributed by atoms with Gasteiger partial charge in [-0.3, -0.25) is 0 Å². The molecule has 0 radical (unpaired) electrons. The van der Waals surface area contributed by atoms with Crippen LogP contribution in [-0.4, -0.2) is 9.97 Å². The van der Waals surface area contributed by atoms with Crippen LogP contribution in [0.3, 0.4) is 0 Å². The summed E-state index contributed by atoms with van der Waals surface area (Å²) in [5.41, 5.74) is 8.16. The van der Waals surface area contributed by atoms with Gasteiger partial charge in [0, 0.05) is 6.04 Å². The summed E-state index contributed by atoms with van der Waals surface area (Å²) in [7, 11) is 0. The van der Waals surface area contributed by atoms with Gasteiger partial charge in [0.05, 0.1) is 11.0 Å². The Morgan fingerprint density at radius 2 is 1.93 bits per heavy atom. The van der Waals surface area contributed by atoms with Gasteiger partial charge in [-0.2, -0.15) is 0 Å². The number of nitrogens with two attached hydrogens (primary N) is 1. The van der Waals surface area contributed by atoms with E-state index >= 15 is 0 Å². The molecule has 4 N–H and O–H groups in total. The van der Waals surface area contributed by atoms with Gasteiger partial charge in [0.2, 0.25) is 0 Å². The monoisotopic (exact) mass is 213 g/mol. The van der Waals surface area contributed by atoms with Gasteiger partial charge < -0.3 is 15.7 Å². The Kier molecular flexibility index (Phi) is 2.98. The molecule has 1 aromatic heterocycles. The van der Waals surface area contributed by atoms with Crippen LogP contribution in [0.4, 0.5) is 0 Å². The van der Waals surface area contributed by atoms with E-state index in [1.54, 1.807) is 0 Å². The van der Waals surface area contributed by atoms with E-state index in [4.69, 9.17) is 5.73 Å². The summed E-state index contributed by atoms with van der Waals surface area (Å²) in [5.74, 6) is 0. The van der Waals surface area contributed by atoms with Crippen molar-refractivity contribution in [1.29, 1.82) is 0 Å². The van der Waals surface area contributed by atoms with Gasteiger partial charge in [-0.25, -0.2) is 4.79 Å². The standard InChI is InChI=1S/C9H11N3O.ClH/c1-5(10)6-2-3-7-8(4-6)12-9(13)11-7;/h2-5H,10H2,1H3,(H2,11,12,13);1H. The molecule has 0 aliphatic rings. The third-order valence-electron chi connectivity index (χ3n) is 2.07. The van der Waals surface area contributed by atoms with Gasteiger partial charge in [-0.1, -0.05) is 6.07 Å². The minimum Gasteiger partial charge on any atom is -0.324 e. The summed E-state index contributed by atoms with van der Waals surface area (Å²) >= 11 is 0. The number of hydrogen-bond acceptors (Lipinski definition) is 2. The van der Waals surface area contributed by atoms with Crippen LogP contribution in [0.1, 0.15) is 18.5 Å². The van der Waals surface area contributed by atoms with Gasteiger partial charge in [0.1, 0.15) is 0 Å². The Hall–Kier alpha value is -1.26. The van der Waals surface area contributed by atoms with Crippen molar-refractivity contribution in [3.8, 4) is 0 Å². The third kappa shape index (κ3) is 1.81. The summed E-state index contributed by atoms with van der Waals surface area (Å²) in [6.45, 7) is 1.91. The highest BCUT2D eigenvalue weighted by molar-refractivity contribution is 5.85. The first-order valence-electron chi connectivity index (χ1n) is 4.14. The first kappa shape index (κ1) is 10.8. The Morgan fingerprint density at radius 1 is 1.29 bits per heavy atom. The Morgan fingerprint density at radius 3 is 2.57 bits per heavy atom. The molecule has 2 aromatic rings. The second-order valence-electron chi connectivity index (χ2n) is 3.17. The number of aromatic nitrogens is 2. The van der Waals surface area contributed by atoms with Crippen molar-refractivity contribution in [2.75, 3.05) is 0 Å². The van der Waals surface area contributed by atoms with Crippen LogP contribution in [0.2, 0.25) is 0 Å². The topological polar surface area (TPSA) is 74.7 Å². The van der Waals surface area contributed by atoms with E-state index < -0.39 is 0 Å². The molecule has 0 aliphatic heterocycles. The van der Waals surface area contributed by atoms with Crippen LogP contribution in [0.5, 0.6) is 0 Å². The van der Waals surface area contributed by atoms with E-state index in [0.29, 0.717) is 0 Å². The minimum atomic E-state index is -0.183. The second-order valence-corrected chi connectivity index (χ2v) is 3.17. The molecular formula is C9H12ClN3O. The second kappa shape index (κ2) is 3.86. The van der Waals surface area contributed by atoms with Gasteiger partial charge in [-0.15, -0.1) is 12.4 Å². The minimum absolute atomic E-state index is 0. The summed E-state index contributed by atoms with van der Waals surface area (Å²) < 4.78 is 0. The quantitative estimate of drug-likeness (QED) is 0.668. The maximum absolute atomic E-state index is 10.9. The fourth-order valence-electron chi connectivity index (χ4n) is 1.33. The lowest BCUT2D eigenvalue weighted by atomic mass is 10.1. The van der Waals surface area contributed by atoms with Gasteiger partial charge >= 0.3 is 5.69 Å². The molecule has 1 aromatic carbocycles. The third-order valence-corrected chi connectivity index (χ3v) is 2.07. The number of hydrogen-bond donors (Lipinski definition) is 3. The van der Waals surface area contributed by atoms with Crippen molar-refractivity contribution in [3.05, 3.63) is 34.2 Å². The van der Waals surface area contributed by atoms with Crippen molar-refractivity contribution in [2.24, 2.45) is 5.73 Å². The van der Waals surface area contributed by atoms with E-state index in [9.17, 15) is 4.79 Å². The number of benzene rings is 1. The number of imidazole rings is 1. The van der Waals surface area contributed by atoms with E-state index in [2.05, 4.69) is 9.97 Å². The Bertz CT molecular complexity index is 486. The van der Waals surface area contributed by atoms with Crippen LogP contribution in [-0.2, 0) is 0 Å². The molecule has 14 heavy (non-hydrogen) atoms. The molecule has 4 nitrogen and oxygen atoms in total. The SMILES string of the molecule is CC(N)c1ccc2[nH]c(=O)[nH]c2c1.Cl. The molecule has 1 unspecified atom stereocenters. The first-order valence-corrected chi connectivity index (χ1v) is 4.14. The van der Waals surface area contributed by atoms with Crippen molar-refractivity contribution in [1.82, 2.24) is 9.97 Å². The Balaban J connectivity index is 0.000000980. The molecule has 1 heterocycles. The molecule has 2 rings (SSSR count). The van der Waals surface area contributed by atoms with E-state index in [1.165, 1.54) is 0 Å². The van der Waals surface area contributed by atoms with E-state index in [-0.39, 0.29) is 24.1 Å². The van der Waals surface area contributed by atoms with Crippen LogP contribution in [0, 0.1) is 0 Å². The molecule has 0 aliphatic carbocycles. The van der Waals surface area contributed by atoms with Crippen LogP contribution in [0.15, 0.2) is 23.0 Å². The lowest BCUT2D eigenvalue weighted by Crippen LogP contribution is -2.04. The molecule has 0 amide bonds. The van der Waals surface area contributed by atoms with Crippen LogP contribution >= 0.6 is 12.4 Å². The maximum Gasteiger partial charge on any atom is 0.323 e. The van der Waals surface area contributed by atoms with Crippen LogP contribution in [0.25, 0.3) is 11.0 Å². The molecule has 5 heteroatoms. The van der Waals surface area contributed by atoms with Crippen molar-refractivity contribution < 1.29 is 0 Å². The fraction of sp³-hybridized carbons (Fsp3) is 0.222. The molecular weight excluding hydrogens is 202 g/mol. The van der Waals surface area contributed by atoms with Crippen molar-refractivity contribution in [2.45, 2.75) is 13.0 Å². The normalized spacial score (nSPS) is 12.4. The predicted molar refractivity (Wildman–Crippen MR) is 58.8 cm³/mol. The highest BCUT2D eigenvalue weighted by Crippen LogP contribution is 2.14. The summed E-state index contributed by atoms with van der Waals surface area (Å²) in [6, 6.07) is 5.64. The van der Waals surface area contributed by atoms with E-state index in [0.717, 1.165) is 16.6 Å². The summed E-state index contributed by atoms with van der Waals surface area (Å²) in [5, 5.41) is 0. The number of fused-ring (bicyclic) bond motifs is 1. The maximum atomic E-state index is 10.9. The van der Waals surface area contributed by atoms with Gasteiger partial charge in [0.15, 0.2) is 0 Å². The van der Waals surface area contributed by atoms with Gasteiger partial charge in [0.25, 0.3) is 0 Å². The number of rotatable bonds is 1. The largest absolute Gasteiger partial charge is 0.324 e. The van der Waals surface area contributed by atoms with Crippen molar-refractivity contribution in [3.63, 3.8) is 0 Å². The lowest BCUT2D eigenvalue weighted by Gasteiger charge is -2.03. The molecule has 0 spiro atoms. The fourth-order valence-corrected chi connectivity index (χ4v) is 1.33. The highest BCUT2D eigenvalue weighted by Gasteiger charge is 2.02. The molecule has 1 atom stereocenters. The highest BCUT2D eigenvalue weighted by atomic mass is 35.5. The number of aromatic amines is 2. The zero-order valence-corrected chi connectivity index (χ0v) is 8.52. The zero-order valence-electron chi connectivity index (χ0n) is 7.70. The number of nitrogens with one attached hydrogen (secondary N) is 2. The smallest absolute Gasteiger partial charge is 0.323 e. The van der Waals surface area contributed by atoms with E-state index in [1.807, 2.05) is 25.1 Å². The molecule has 0 bridgehead atoms. The summed E-state index contributed by atoms with van der Waals surface area (Å²) in [4.78, 5) is 16.3. The zero-order chi connectivity index (χ0) is 9.42. The molecule has 76 valence electrons. The Labute approximate surface area is 86.9 Å². The molecule has 0 saturated carbocycles. The average molecular weight is 214 g/mol. The van der Waals surface area contributed by atoms with Crippen molar-refractivity contribution >= 4 is 23.4 Å². The molecule has 0 fully saturated rings. The average Bonchev–Trinajstić information content (AvgIpc) is 2.42. The van der Waals surface area contributed by atoms with Gasteiger partial charge in [-0.05, 0) is 24.6 Å². The molecule has 0 saturated heterocycles. The summed E-state index contributed by atoms with van der Waals surface area (Å²) in [6.07, 6.45) is 0. The predicted octanol–water partition coefficient (Wildman–Crippen LogP) is 1.30. The van der Waals surface area contributed by atoms with Crippen LogP contribution < -0.4 is 11.4 Å². The lowest BCUT2D eigenvalue weighted by molar-refractivity contribution is 0.819.